The fourth-order valence-electron chi connectivity index (χ4n) is 4.05. The number of piperazine rings is 1. The number of para-hydroxylation sites is 1. The van der Waals surface area contributed by atoms with Gasteiger partial charge >= 0.3 is 0 Å². The Hall–Kier alpha value is -2.86. The number of amides is 2. The summed E-state index contributed by atoms with van der Waals surface area (Å²) in [4.78, 5) is 24.7. The predicted octanol–water partition coefficient (Wildman–Crippen LogP) is 2.18. The summed E-state index contributed by atoms with van der Waals surface area (Å²) in [5.74, 6) is 1.29. The topological polar surface area (TPSA) is 84.0 Å². The summed E-state index contributed by atoms with van der Waals surface area (Å²) < 4.78 is 5.75. The molecule has 6 heteroatoms. The van der Waals surface area contributed by atoms with Crippen LogP contribution < -0.4 is 20.7 Å². The average Bonchev–Trinajstić information content (AvgIpc) is 2.71. The number of rotatable bonds is 5. The molecule has 0 spiro atoms. The van der Waals surface area contributed by atoms with E-state index in [-0.39, 0.29) is 30.3 Å². The number of hydrogen-bond acceptors (Lipinski definition) is 3. The van der Waals surface area contributed by atoms with Crippen molar-refractivity contribution in [3.05, 3.63) is 54.6 Å². The largest absolute Gasteiger partial charge is 0.457 e. The van der Waals surface area contributed by atoms with E-state index in [4.69, 9.17) is 4.74 Å². The smallest absolute Gasteiger partial charge is 0.279 e. The minimum Gasteiger partial charge on any atom is -0.457 e. The highest BCUT2D eigenvalue weighted by molar-refractivity contribution is 5.95. The Morgan fingerprint density at radius 3 is 2.54 bits per heavy atom. The van der Waals surface area contributed by atoms with E-state index < -0.39 is 0 Å². The van der Waals surface area contributed by atoms with Crippen molar-refractivity contribution in [1.29, 1.82) is 0 Å². The van der Waals surface area contributed by atoms with Crippen molar-refractivity contribution < 1.29 is 19.6 Å². The summed E-state index contributed by atoms with van der Waals surface area (Å²) in [6, 6.07) is 17.1. The van der Waals surface area contributed by atoms with E-state index in [2.05, 4.69) is 16.0 Å². The molecule has 28 heavy (non-hydrogen) atoms. The van der Waals surface area contributed by atoms with E-state index >= 15 is 0 Å². The van der Waals surface area contributed by atoms with Crippen LogP contribution in [0.5, 0.6) is 11.5 Å². The Labute approximate surface area is 164 Å². The molecule has 1 aliphatic carbocycles. The lowest BCUT2D eigenvalue weighted by atomic mass is 9.87. The maximum absolute atomic E-state index is 12.4. The van der Waals surface area contributed by atoms with Crippen LogP contribution in [0.2, 0.25) is 0 Å². The fraction of sp³-hybridized carbons (Fsp3) is 0.364. The zero-order valence-electron chi connectivity index (χ0n) is 15.8. The normalized spacial score (nSPS) is 24.0. The first-order chi connectivity index (χ1) is 13.7. The molecule has 0 radical (unpaired) electrons. The van der Waals surface area contributed by atoms with Crippen LogP contribution in [-0.2, 0) is 9.59 Å². The van der Waals surface area contributed by atoms with Crippen LogP contribution in [0, 0.1) is 0 Å². The van der Waals surface area contributed by atoms with Gasteiger partial charge in [-0.15, -0.1) is 0 Å². The summed E-state index contributed by atoms with van der Waals surface area (Å²) in [6.07, 6.45) is 4.70. The van der Waals surface area contributed by atoms with Gasteiger partial charge in [-0.25, -0.2) is 0 Å². The van der Waals surface area contributed by atoms with Gasteiger partial charge in [-0.1, -0.05) is 24.6 Å². The Morgan fingerprint density at radius 2 is 1.75 bits per heavy atom. The van der Waals surface area contributed by atoms with Crippen LogP contribution in [0.1, 0.15) is 32.1 Å². The maximum atomic E-state index is 12.4. The van der Waals surface area contributed by atoms with E-state index in [1.807, 2.05) is 42.5 Å². The molecule has 1 saturated heterocycles. The first kappa shape index (κ1) is 18.5. The van der Waals surface area contributed by atoms with Crippen LogP contribution in [0.25, 0.3) is 0 Å². The second-order valence-corrected chi connectivity index (χ2v) is 7.55. The van der Waals surface area contributed by atoms with Gasteiger partial charge < -0.3 is 20.7 Å². The molecule has 2 aliphatic rings. The van der Waals surface area contributed by atoms with Gasteiger partial charge in [-0.05, 0) is 49.2 Å². The Balaban J connectivity index is 1.30. The Bertz CT molecular complexity index is 823. The third-order valence-electron chi connectivity index (χ3n) is 5.49. The predicted molar refractivity (Wildman–Crippen MR) is 106 cm³/mol. The molecule has 0 bridgehead atoms. The molecule has 3 atom stereocenters. The van der Waals surface area contributed by atoms with Crippen molar-refractivity contribution in [3.8, 4) is 11.5 Å². The highest BCUT2D eigenvalue weighted by Crippen LogP contribution is 2.23. The summed E-state index contributed by atoms with van der Waals surface area (Å²) in [7, 11) is 0. The molecule has 1 aliphatic heterocycles. The van der Waals surface area contributed by atoms with E-state index in [9.17, 15) is 9.59 Å². The van der Waals surface area contributed by atoms with Crippen molar-refractivity contribution in [3.63, 3.8) is 0 Å². The third-order valence-corrected chi connectivity index (χ3v) is 5.49. The van der Waals surface area contributed by atoms with Gasteiger partial charge in [-0.2, -0.15) is 0 Å². The lowest BCUT2D eigenvalue weighted by Gasteiger charge is -2.37. The minimum absolute atomic E-state index is 0.0232. The minimum atomic E-state index is -0.347. The monoisotopic (exact) mass is 380 g/mol. The summed E-state index contributed by atoms with van der Waals surface area (Å²) in [5, 5.41) is 8.08. The van der Waals surface area contributed by atoms with Gasteiger partial charge in [0.2, 0.25) is 5.91 Å². The Kier molecular flexibility index (Phi) is 5.58. The number of carbonyl (C=O) groups is 2. The van der Waals surface area contributed by atoms with Crippen molar-refractivity contribution >= 4 is 17.5 Å². The van der Waals surface area contributed by atoms with E-state index in [0.717, 1.165) is 18.6 Å². The summed E-state index contributed by atoms with van der Waals surface area (Å²) in [5.41, 5.74) is 0.692. The zero-order chi connectivity index (χ0) is 19.3. The first-order valence-electron chi connectivity index (χ1n) is 9.95. The van der Waals surface area contributed by atoms with Gasteiger partial charge in [0.15, 0.2) is 6.04 Å². The van der Waals surface area contributed by atoms with Gasteiger partial charge in [0.05, 0.1) is 12.5 Å². The molecule has 0 aromatic heterocycles. The molecular formula is C22H26N3O3+. The number of quaternary nitrogens is 1. The van der Waals surface area contributed by atoms with Crippen molar-refractivity contribution in [1.82, 2.24) is 5.32 Å². The number of nitrogens with two attached hydrogens (primary N) is 1. The van der Waals surface area contributed by atoms with E-state index in [1.54, 1.807) is 12.1 Å². The standard InChI is InChI=1S/C22H25N3O3/c26-21(14-20-22(27)25-19-9-5-4-8-18(19)24-20)23-15-10-12-17(13-11-15)28-16-6-2-1-3-7-16/h1-3,6-7,10-13,18-20,24H,4-5,8-9,14H2,(H,23,26)(H,25,27)/p+1/t18-,19+,20-/m0/s1. The molecule has 146 valence electrons. The SMILES string of the molecule is O=C(C[C@@H]1[NH2+][C@H]2CCCC[C@H]2NC1=O)Nc1ccc(Oc2ccccc2)cc1. The quantitative estimate of drug-likeness (QED) is 0.743. The fourth-order valence-corrected chi connectivity index (χ4v) is 4.05. The molecule has 2 aromatic rings. The lowest BCUT2D eigenvalue weighted by molar-refractivity contribution is -0.718. The number of hydrogen-bond donors (Lipinski definition) is 3. The highest BCUT2D eigenvalue weighted by atomic mass is 16.5. The van der Waals surface area contributed by atoms with Crippen LogP contribution in [0.3, 0.4) is 0 Å². The molecule has 2 aromatic carbocycles. The highest BCUT2D eigenvalue weighted by Gasteiger charge is 2.40. The van der Waals surface area contributed by atoms with E-state index in [1.165, 1.54) is 12.8 Å². The molecule has 2 fully saturated rings. The average molecular weight is 380 g/mol. The van der Waals surface area contributed by atoms with Gasteiger partial charge in [-0.3, -0.25) is 9.59 Å². The third kappa shape index (κ3) is 4.51. The zero-order valence-corrected chi connectivity index (χ0v) is 15.8. The molecule has 1 saturated carbocycles. The molecule has 4 rings (SSSR count). The van der Waals surface area contributed by atoms with Crippen LogP contribution in [0.15, 0.2) is 54.6 Å². The number of anilines is 1. The van der Waals surface area contributed by atoms with Crippen LogP contribution in [0.4, 0.5) is 5.69 Å². The van der Waals surface area contributed by atoms with E-state index in [0.29, 0.717) is 17.5 Å². The molecule has 2 amide bonds. The van der Waals surface area contributed by atoms with Crippen LogP contribution in [-0.4, -0.2) is 29.9 Å². The molecule has 1 heterocycles. The molecule has 4 N–H and O–H groups in total. The van der Waals surface area contributed by atoms with Gasteiger partial charge in [0, 0.05) is 12.1 Å². The lowest BCUT2D eigenvalue weighted by Crippen LogP contribution is -3.03. The van der Waals surface area contributed by atoms with Crippen molar-refractivity contribution in [2.75, 3.05) is 5.32 Å². The summed E-state index contributed by atoms with van der Waals surface area (Å²) in [6.45, 7) is 0. The maximum Gasteiger partial charge on any atom is 0.279 e. The van der Waals surface area contributed by atoms with Gasteiger partial charge in [0.1, 0.15) is 17.5 Å². The number of benzene rings is 2. The number of fused-ring (bicyclic) bond motifs is 1. The molecular weight excluding hydrogens is 354 g/mol. The van der Waals surface area contributed by atoms with Crippen molar-refractivity contribution in [2.24, 2.45) is 0 Å². The first-order valence-corrected chi connectivity index (χ1v) is 9.95. The van der Waals surface area contributed by atoms with Crippen LogP contribution >= 0.6 is 0 Å². The van der Waals surface area contributed by atoms with Crippen molar-refractivity contribution in [2.45, 2.75) is 50.2 Å². The number of nitrogens with one attached hydrogen (secondary N) is 2. The second-order valence-electron chi connectivity index (χ2n) is 7.55. The molecule has 6 nitrogen and oxygen atoms in total. The number of ether oxygens (including phenoxy) is 1. The number of carbonyl (C=O) groups excluding carboxylic acids is 2. The Morgan fingerprint density at radius 1 is 1.04 bits per heavy atom. The van der Waals surface area contributed by atoms with Gasteiger partial charge in [0.25, 0.3) is 5.91 Å². The molecule has 0 unspecified atom stereocenters. The summed E-state index contributed by atoms with van der Waals surface area (Å²) >= 11 is 0. The second kappa shape index (κ2) is 8.44.